The number of amides is 2. The number of anilines is 1. The molecule has 2 atom stereocenters. The first-order chi connectivity index (χ1) is 17.6. The number of fused-ring (bicyclic) bond motifs is 8. The molecule has 1 aromatic heterocycles. The van der Waals surface area contributed by atoms with Gasteiger partial charge in [0.25, 0.3) is 0 Å². The molecule has 36 heavy (non-hydrogen) atoms. The van der Waals surface area contributed by atoms with E-state index in [0.717, 1.165) is 53.9 Å². The van der Waals surface area contributed by atoms with E-state index in [1.165, 1.54) is 0 Å². The highest BCUT2D eigenvalue weighted by molar-refractivity contribution is 6.09. The van der Waals surface area contributed by atoms with Crippen molar-refractivity contribution >= 4 is 17.5 Å². The Balaban J connectivity index is 1.41. The maximum absolute atomic E-state index is 14.5. The van der Waals surface area contributed by atoms with Gasteiger partial charge in [0.1, 0.15) is 16.9 Å². The molecule has 1 saturated heterocycles. The minimum absolute atomic E-state index is 0.0355. The van der Waals surface area contributed by atoms with Gasteiger partial charge in [0.15, 0.2) is 0 Å². The zero-order chi connectivity index (χ0) is 24.3. The second kappa shape index (κ2) is 8.18. The molecule has 3 aliphatic heterocycles. The highest BCUT2D eigenvalue weighted by Crippen LogP contribution is 2.57. The number of carbonyl (C=O) groups excluding carboxylic acids is 2. The minimum Gasteiger partial charge on any atom is -0.494 e. The summed E-state index contributed by atoms with van der Waals surface area (Å²) in [7, 11) is 0. The first kappa shape index (κ1) is 21.6. The van der Waals surface area contributed by atoms with Crippen LogP contribution in [0.5, 0.6) is 5.75 Å². The number of aryl methyl sites for hydroxylation is 1. The number of ether oxygens (including phenoxy) is 1. The summed E-state index contributed by atoms with van der Waals surface area (Å²) >= 11 is 0. The zero-order valence-electron chi connectivity index (χ0n) is 20.2. The molecule has 2 aromatic carbocycles. The van der Waals surface area contributed by atoms with Crippen molar-refractivity contribution in [3.8, 4) is 5.75 Å². The van der Waals surface area contributed by atoms with Crippen molar-refractivity contribution in [1.82, 2.24) is 19.9 Å². The van der Waals surface area contributed by atoms with Crippen molar-refractivity contribution in [2.75, 3.05) is 18.1 Å². The van der Waals surface area contributed by atoms with Gasteiger partial charge in [-0.15, -0.1) is 5.10 Å². The van der Waals surface area contributed by atoms with Gasteiger partial charge >= 0.3 is 0 Å². The molecule has 8 nitrogen and oxygen atoms in total. The van der Waals surface area contributed by atoms with Crippen LogP contribution in [-0.2, 0) is 28.1 Å². The number of likely N-dealkylation sites (tertiary alicyclic amines) is 1. The van der Waals surface area contributed by atoms with Gasteiger partial charge in [-0.25, -0.2) is 0 Å². The second-order valence-electron chi connectivity index (χ2n) is 10.4. The molecule has 4 heterocycles. The first-order valence-corrected chi connectivity index (χ1v) is 13.0. The van der Waals surface area contributed by atoms with E-state index in [-0.39, 0.29) is 23.8 Å². The van der Waals surface area contributed by atoms with E-state index in [0.29, 0.717) is 32.7 Å². The molecule has 7 rings (SSSR count). The Morgan fingerprint density at radius 1 is 1.06 bits per heavy atom. The number of aromatic nitrogens is 3. The molecular formula is C28H29N5O3. The van der Waals surface area contributed by atoms with Gasteiger partial charge in [0.05, 0.1) is 25.4 Å². The number of benzene rings is 2. The van der Waals surface area contributed by atoms with Crippen LogP contribution in [0.2, 0.25) is 0 Å². The van der Waals surface area contributed by atoms with Crippen molar-refractivity contribution in [3.05, 3.63) is 71.5 Å². The van der Waals surface area contributed by atoms with Gasteiger partial charge < -0.3 is 14.5 Å². The van der Waals surface area contributed by atoms with Gasteiger partial charge in [-0.1, -0.05) is 42.0 Å². The van der Waals surface area contributed by atoms with Crippen molar-refractivity contribution in [2.45, 2.75) is 56.7 Å². The van der Waals surface area contributed by atoms with Crippen molar-refractivity contribution in [2.24, 2.45) is 5.92 Å². The fraction of sp³-hybridized carbons (Fsp3) is 0.429. The van der Waals surface area contributed by atoms with Crippen LogP contribution in [0, 0.1) is 5.92 Å². The number of rotatable bonds is 1. The fourth-order valence-corrected chi connectivity index (χ4v) is 6.51. The maximum Gasteiger partial charge on any atom is 0.240 e. The lowest BCUT2D eigenvalue weighted by atomic mass is 9.72. The summed E-state index contributed by atoms with van der Waals surface area (Å²) in [6.07, 6.45) is 6.27. The van der Waals surface area contributed by atoms with E-state index in [9.17, 15) is 9.59 Å². The van der Waals surface area contributed by atoms with Gasteiger partial charge in [0, 0.05) is 31.1 Å². The molecule has 184 valence electrons. The summed E-state index contributed by atoms with van der Waals surface area (Å²) < 4.78 is 7.92. The van der Waals surface area contributed by atoms with Gasteiger partial charge in [-0.2, -0.15) is 0 Å². The Hall–Kier alpha value is -3.68. The molecule has 0 N–H and O–H groups in total. The summed E-state index contributed by atoms with van der Waals surface area (Å²) in [5.74, 6) is 1.04. The van der Waals surface area contributed by atoms with E-state index < -0.39 is 5.41 Å². The van der Waals surface area contributed by atoms with Crippen molar-refractivity contribution in [1.29, 1.82) is 0 Å². The molecule has 2 amide bonds. The van der Waals surface area contributed by atoms with E-state index in [1.54, 1.807) is 0 Å². The standard InChI is InChI=1S/C28H29N5O3/c34-26(19-6-3-7-19)32-14-12-28-23-10-1-2-11-24(23)33(27(28)35)18-21-17-31(30-29-21)13-5-15-36-22-9-4-8-20(16-22)25(28)32/h1-2,4,8-11,16-17,19,25H,3,5-7,12-15,18H2/t25-,28-/m0/s1. The SMILES string of the molecule is O=C(C1CCC1)N1CC[C@@]23C(=O)N(Cc4cn(nn4)CCCOc4cccc(c4)[C@H]12)c1ccccc13. The molecule has 6 bridgehead atoms. The van der Waals surface area contributed by atoms with Crippen LogP contribution in [0.25, 0.3) is 0 Å². The van der Waals surface area contributed by atoms with Crippen LogP contribution in [0.3, 0.4) is 0 Å². The fourth-order valence-electron chi connectivity index (χ4n) is 6.51. The third-order valence-electron chi connectivity index (χ3n) is 8.45. The molecule has 1 spiro atoms. The zero-order valence-corrected chi connectivity index (χ0v) is 20.2. The number of carbonyl (C=O) groups is 2. The van der Waals surface area contributed by atoms with E-state index in [2.05, 4.69) is 16.4 Å². The summed E-state index contributed by atoms with van der Waals surface area (Å²) in [6, 6.07) is 15.7. The Labute approximate surface area is 209 Å². The van der Waals surface area contributed by atoms with E-state index >= 15 is 0 Å². The highest BCUT2D eigenvalue weighted by Gasteiger charge is 2.62. The molecule has 1 aliphatic carbocycles. The highest BCUT2D eigenvalue weighted by atomic mass is 16.5. The molecule has 2 fully saturated rings. The van der Waals surface area contributed by atoms with Crippen molar-refractivity contribution < 1.29 is 14.3 Å². The number of hydrogen-bond acceptors (Lipinski definition) is 5. The van der Waals surface area contributed by atoms with Crippen molar-refractivity contribution in [3.63, 3.8) is 0 Å². The molecule has 0 radical (unpaired) electrons. The van der Waals surface area contributed by atoms with Gasteiger partial charge in [-0.05, 0) is 48.6 Å². The predicted molar refractivity (Wildman–Crippen MR) is 132 cm³/mol. The monoisotopic (exact) mass is 483 g/mol. The molecule has 8 heteroatoms. The normalized spacial score (nSPS) is 25.3. The van der Waals surface area contributed by atoms with Crippen LogP contribution >= 0.6 is 0 Å². The average Bonchev–Trinajstić information content (AvgIpc) is 3.54. The van der Waals surface area contributed by atoms with E-state index in [1.807, 2.05) is 63.1 Å². The van der Waals surface area contributed by atoms with Crippen LogP contribution < -0.4 is 9.64 Å². The van der Waals surface area contributed by atoms with Crippen LogP contribution in [-0.4, -0.2) is 44.9 Å². The minimum atomic E-state index is -0.842. The van der Waals surface area contributed by atoms with E-state index in [4.69, 9.17) is 4.74 Å². The number of hydrogen-bond donors (Lipinski definition) is 0. The van der Waals surface area contributed by atoms with Crippen LogP contribution in [0.4, 0.5) is 5.69 Å². The number of nitrogens with zero attached hydrogens (tertiary/aromatic N) is 5. The maximum atomic E-state index is 14.5. The smallest absolute Gasteiger partial charge is 0.240 e. The first-order valence-electron chi connectivity index (χ1n) is 13.0. The average molecular weight is 484 g/mol. The van der Waals surface area contributed by atoms with Gasteiger partial charge in [-0.3, -0.25) is 14.3 Å². The summed E-state index contributed by atoms with van der Waals surface area (Å²) in [5.41, 5.74) is 2.77. The Morgan fingerprint density at radius 2 is 1.94 bits per heavy atom. The molecule has 0 unspecified atom stereocenters. The lowest BCUT2D eigenvalue weighted by Crippen LogP contribution is -2.47. The predicted octanol–water partition coefficient (Wildman–Crippen LogP) is 3.62. The van der Waals surface area contributed by atoms with Gasteiger partial charge in [0.2, 0.25) is 11.8 Å². The lowest BCUT2D eigenvalue weighted by Gasteiger charge is -2.38. The Bertz CT molecular complexity index is 1350. The second-order valence-corrected chi connectivity index (χ2v) is 10.4. The third-order valence-corrected chi connectivity index (χ3v) is 8.45. The summed E-state index contributed by atoms with van der Waals surface area (Å²) in [6.45, 7) is 2.16. The molecular weight excluding hydrogens is 454 g/mol. The quantitative estimate of drug-likeness (QED) is 0.528. The topological polar surface area (TPSA) is 80.6 Å². The summed E-state index contributed by atoms with van der Waals surface area (Å²) in [5, 5.41) is 8.63. The Kier molecular flexibility index (Phi) is 4.91. The van der Waals surface area contributed by atoms with Crippen LogP contribution in [0.15, 0.2) is 54.7 Å². The molecule has 4 aliphatic rings. The Morgan fingerprint density at radius 3 is 2.81 bits per heavy atom. The van der Waals surface area contributed by atoms with Crippen LogP contribution in [0.1, 0.15) is 55.0 Å². The molecule has 1 saturated carbocycles. The third kappa shape index (κ3) is 3.13. The largest absolute Gasteiger partial charge is 0.494 e. The number of para-hydroxylation sites is 1. The lowest BCUT2D eigenvalue weighted by molar-refractivity contribution is -0.140. The molecule has 3 aromatic rings. The summed E-state index contributed by atoms with van der Waals surface area (Å²) in [4.78, 5) is 32.1.